The van der Waals surface area contributed by atoms with Gasteiger partial charge in [-0.3, -0.25) is 9.78 Å². The zero-order valence-electron chi connectivity index (χ0n) is 18.0. The van der Waals surface area contributed by atoms with Crippen molar-refractivity contribution in [2.24, 2.45) is 0 Å². The van der Waals surface area contributed by atoms with Crippen molar-refractivity contribution in [1.29, 1.82) is 5.41 Å². The van der Waals surface area contributed by atoms with E-state index in [0.717, 1.165) is 35.2 Å². The molecule has 3 N–H and O–H groups in total. The molecule has 1 fully saturated rings. The summed E-state index contributed by atoms with van der Waals surface area (Å²) in [6, 6.07) is 17.7. The normalized spacial score (nSPS) is 13.3. The van der Waals surface area contributed by atoms with Gasteiger partial charge in [0.1, 0.15) is 12.4 Å². The minimum Gasteiger partial charge on any atom is -0.487 e. The lowest BCUT2D eigenvalue weighted by Crippen LogP contribution is -2.25. The maximum atomic E-state index is 12.4. The van der Waals surface area contributed by atoms with E-state index in [1.807, 2.05) is 61.5 Å². The molecule has 2 aromatic carbocycles. The lowest BCUT2D eigenvalue weighted by Gasteiger charge is -2.11. The van der Waals surface area contributed by atoms with Crippen LogP contribution in [0.5, 0.6) is 5.75 Å². The Bertz CT molecular complexity index is 1140. The lowest BCUT2D eigenvalue weighted by molar-refractivity contribution is 0.0951. The molecule has 0 spiro atoms. The summed E-state index contributed by atoms with van der Waals surface area (Å²) in [5.41, 5.74) is 4.92. The minimum atomic E-state index is -0.0708. The molecular weight excluding hydrogens is 400 g/mol. The van der Waals surface area contributed by atoms with Gasteiger partial charge in [0.2, 0.25) is 0 Å². The number of aryl methyl sites for hydroxylation is 1. The van der Waals surface area contributed by atoms with E-state index in [1.165, 1.54) is 6.21 Å². The number of pyridine rings is 1. The van der Waals surface area contributed by atoms with Gasteiger partial charge in [-0.1, -0.05) is 36.4 Å². The largest absolute Gasteiger partial charge is 0.487 e. The summed E-state index contributed by atoms with van der Waals surface area (Å²) in [6.45, 7) is 2.43. The monoisotopic (exact) mass is 426 g/mol. The molecule has 0 bridgehead atoms. The Morgan fingerprint density at radius 1 is 1.16 bits per heavy atom. The van der Waals surface area contributed by atoms with Crippen molar-refractivity contribution in [3.05, 3.63) is 95.4 Å². The first-order valence-corrected chi connectivity index (χ1v) is 10.6. The first kappa shape index (κ1) is 21.3. The Kier molecular flexibility index (Phi) is 6.60. The van der Waals surface area contributed by atoms with Crippen LogP contribution < -0.4 is 15.4 Å². The van der Waals surface area contributed by atoms with Crippen LogP contribution in [0.2, 0.25) is 0 Å². The number of carbonyl (C=O) groups is 1. The topological polar surface area (TPSA) is 87.1 Å². The average Bonchev–Trinajstić information content (AvgIpc) is 3.64. The molecule has 4 rings (SSSR count). The maximum Gasteiger partial charge on any atom is 0.251 e. The van der Waals surface area contributed by atoms with Gasteiger partial charge in [-0.2, -0.15) is 0 Å². The Labute approximate surface area is 187 Å². The van der Waals surface area contributed by atoms with Crippen LogP contribution in [0.25, 0.3) is 5.57 Å². The lowest BCUT2D eigenvalue weighted by atomic mass is 9.98. The van der Waals surface area contributed by atoms with Crippen molar-refractivity contribution in [2.45, 2.75) is 32.4 Å². The molecule has 3 aromatic rings. The Morgan fingerprint density at radius 3 is 2.72 bits per heavy atom. The van der Waals surface area contributed by atoms with Crippen LogP contribution in [0.3, 0.4) is 0 Å². The Morgan fingerprint density at radius 2 is 1.97 bits per heavy atom. The summed E-state index contributed by atoms with van der Waals surface area (Å²) in [5.74, 6) is 0.581. The molecule has 0 saturated heterocycles. The summed E-state index contributed by atoms with van der Waals surface area (Å²) >= 11 is 0. The molecule has 0 radical (unpaired) electrons. The third-order valence-electron chi connectivity index (χ3n) is 5.23. The van der Waals surface area contributed by atoms with E-state index in [0.29, 0.717) is 29.5 Å². The van der Waals surface area contributed by atoms with E-state index in [4.69, 9.17) is 10.1 Å². The number of nitrogens with zero attached hydrogens (tertiary/aromatic N) is 1. The smallest absolute Gasteiger partial charge is 0.251 e. The first-order chi connectivity index (χ1) is 15.6. The maximum absolute atomic E-state index is 12.4. The third-order valence-corrected chi connectivity index (χ3v) is 5.23. The fourth-order valence-corrected chi connectivity index (χ4v) is 3.25. The predicted molar refractivity (Wildman–Crippen MR) is 127 cm³/mol. The van der Waals surface area contributed by atoms with Crippen molar-refractivity contribution in [2.75, 3.05) is 5.32 Å². The zero-order valence-corrected chi connectivity index (χ0v) is 18.0. The van der Waals surface area contributed by atoms with Gasteiger partial charge in [0.25, 0.3) is 5.91 Å². The molecule has 1 amide bonds. The number of anilines is 1. The van der Waals surface area contributed by atoms with Crippen molar-refractivity contribution < 1.29 is 9.53 Å². The molecule has 0 aliphatic heterocycles. The number of ether oxygens (including phenoxy) is 1. The predicted octanol–water partition coefficient (Wildman–Crippen LogP) is 4.96. The highest BCUT2D eigenvalue weighted by molar-refractivity contribution is 6.10. The van der Waals surface area contributed by atoms with Gasteiger partial charge >= 0.3 is 0 Å². The summed E-state index contributed by atoms with van der Waals surface area (Å²) in [6.07, 6.45) is 8.47. The van der Waals surface area contributed by atoms with Crippen molar-refractivity contribution in [3.63, 3.8) is 0 Å². The van der Waals surface area contributed by atoms with Gasteiger partial charge in [-0.25, -0.2) is 0 Å². The molecule has 1 saturated carbocycles. The highest BCUT2D eigenvalue weighted by atomic mass is 16.5. The summed E-state index contributed by atoms with van der Waals surface area (Å²) < 4.78 is 5.84. The minimum absolute atomic E-state index is 0.0708. The van der Waals surface area contributed by atoms with E-state index in [9.17, 15) is 4.79 Å². The molecule has 32 heavy (non-hydrogen) atoms. The summed E-state index contributed by atoms with van der Waals surface area (Å²) in [5, 5.41) is 14.1. The van der Waals surface area contributed by atoms with Crippen LogP contribution >= 0.6 is 0 Å². The van der Waals surface area contributed by atoms with Crippen molar-refractivity contribution >= 4 is 23.4 Å². The Hall–Kier alpha value is -3.93. The molecule has 6 nitrogen and oxygen atoms in total. The second kappa shape index (κ2) is 9.92. The van der Waals surface area contributed by atoms with Gasteiger partial charge in [-0.15, -0.1) is 0 Å². The Balaban J connectivity index is 1.47. The number of aromatic nitrogens is 1. The highest BCUT2D eigenvalue weighted by Crippen LogP contribution is 2.23. The summed E-state index contributed by atoms with van der Waals surface area (Å²) in [7, 11) is 0. The number of rotatable bonds is 9. The van der Waals surface area contributed by atoms with Crippen LogP contribution in [0, 0.1) is 12.3 Å². The van der Waals surface area contributed by atoms with E-state index >= 15 is 0 Å². The van der Waals surface area contributed by atoms with E-state index in [1.54, 1.807) is 18.6 Å². The fourth-order valence-electron chi connectivity index (χ4n) is 3.25. The highest BCUT2D eigenvalue weighted by Gasteiger charge is 2.24. The van der Waals surface area contributed by atoms with Gasteiger partial charge in [0.15, 0.2) is 0 Å². The number of carbonyl (C=O) groups excluding carboxylic acids is 1. The molecule has 162 valence electrons. The van der Waals surface area contributed by atoms with Crippen LogP contribution in [0.1, 0.15) is 39.9 Å². The number of nitrogens with one attached hydrogen (secondary N) is 3. The van der Waals surface area contributed by atoms with E-state index in [-0.39, 0.29) is 5.91 Å². The van der Waals surface area contributed by atoms with Crippen LogP contribution in [-0.2, 0) is 6.61 Å². The third kappa shape index (κ3) is 5.60. The quantitative estimate of drug-likeness (QED) is 0.422. The molecule has 0 unspecified atom stereocenters. The second-order valence-corrected chi connectivity index (χ2v) is 7.85. The van der Waals surface area contributed by atoms with Crippen LogP contribution in [0.4, 0.5) is 5.69 Å². The number of allylic oxidation sites excluding steroid dienone is 1. The first-order valence-electron chi connectivity index (χ1n) is 10.6. The molecular formula is C26H26N4O2. The molecule has 1 aliphatic carbocycles. The number of hydrogen-bond donors (Lipinski definition) is 3. The standard InChI is InChI=1S/C26H26N4O2/c1-18-7-8-20(26(31)30-22-9-10-22)11-25(18)21(13-27)14-29-23-12-24(16-28-15-23)32-17-19-5-3-2-4-6-19/h2-8,11-16,22,27,29H,9-10,17H2,1H3,(H,30,31)/b21-14+,27-13?. The van der Waals surface area contributed by atoms with Gasteiger partial charge < -0.3 is 20.8 Å². The SMILES string of the molecule is Cc1ccc(C(=O)NC2CC2)cc1/C(C=N)=C/Nc1cncc(OCc2ccccc2)c1. The number of benzene rings is 2. The number of amides is 1. The van der Waals surface area contributed by atoms with Gasteiger partial charge in [-0.05, 0) is 48.6 Å². The second-order valence-electron chi connectivity index (χ2n) is 7.85. The fraction of sp³-hybridized carbons (Fsp3) is 0.192. The van der Waals surface area contributed by atoms with E-state index < -0.39 is 0 Å². The molecule has 1 aliphatic rings. The molecule has 1 heterocycles. The molecule has 0 atom stereocenters. The summed E-state index contributed by atoms with van der Waals surface area (Å²) in [4.78, 5) is 16.7. The van der Waals surface area contributed by atoms with Crippen molar-refractivity contribution in [1.82, 2.24) is 10.3 Å². The number of hydrogen-bond acceptors (Lipinski definition) is 5. The van der Waals surface area contributed by atoms with Gasteiger partial charge in [0, 0.05) is 35.7 Å². The van der Waals surface area contributed by atoms with E-state index in [2.05, 4.69) is 15.6 Å². The average molecular weight is 427 g/mol. The zero-order chi connectivity index (χ0) is 22.3. The van der Waals surface area contributed by atoms with Gasteiger partial charge in [0.05, 0.1) is 18.1 Å². The molecule has 6 heteroatoms. The van der Waals surface area contributed by atoms with Crippen molar-refractivity contribution in [3.8, 4) is 5.75 Å². The molecule has 1 aromatic heterocycles. The van der Waals surface area contributed by atoms with Crippen LogP contribution in [0.15, 0.2) is 73.2 Å². The van der Waals surface area contributed by atoms with Crippen LogP contribution in [-0.4, -0.2) is 23.1 Å².